The molecule has 0 fully saturated rings. The SMILES string of the molecule is COCc1c(C(=O)OCC(=O)Nc2ccc(NC(C)=O)cc2)oc2ccccc12. The summed E-state index contributed by atoms with van der Waals surface area (Å²) in [4.78, 5) is 35.5. The van der Waals surface area contributed by atoms with Crippen LogP contribution >= 0.6 is 0 Å². The number of carbonyl (C=O) groups excluding carboxylic acids is 3. The maximum absolute atomic E-state index is 12.4. The number of hydrogen-bond acceptors (Lipinski definition) is 6. The summed E-state index contributed by atoms with van der Waals surface area (Å²) in [5.41, 5.74) is 2.22. The van der Waals surface area contributed by atoms with Gasteiger partial charge < -0.3 is 24.5 Å². The van der Waals surface area contributed by atoms with Crippen LogP contribution in [-0.2, 0) is 25.7 Å². The van der Waals surface area contributed by atoms with Crippen molar-refractivity contribution in [2.75, 3.05) is 24.4 Å². The maximum atomic E-state index is 12.4. The van der Waals surface area contributed by atoms with E-state index >= 15 is 0 Å². The molecule has 0 saturated carbocycles. The Morgan fingerprint density at radius 2 is 1.62 bits per heavy atom. The third-order valence-corrected chi connectivity index (χ3v) is 4.00. The first-order chi connectivity index (χ1) is 14.0. The second kappa shape index (κ2) is 9.03. The highest BCUT2D eigenvalue weighted by atomic mass is 16.5. The predicted molar refractivity (Wildman–Crippen MR) is 107 cm³/mol. The Bertz CT molecular complexity index is 1040. The topological polar surface area (TPSA) is 107 Å². The number of amides is 2. The van der Waals surface area contributed by atoms with Crippen molar-refractivity contribution in [3.05, 3.63) is 59.9 Å². The van der Waals surface area contributed by atoms with E-state index in [-0.39, 0.29) is 18.3 Å². The van der Waals surface area contributed by atoms with Gasteiger partial charge in [0.1, 0.15) is 5.58 Å². The molecule has 3 aromatic rings. The Morgan fingerprint density at radius 1 is 0.966 bits per heavy atom. The van der Waals surface area contributed by atoms with Crippen LogP contribution in [0.15, 0.2) is 52.9 Å². The zero-order chi connectivity index (χ0) is 20.8. The Balaban J connectivity index is 1.62. The van der Waals surface area contributed by atoms with E-state index in [0.717, 1.165) is 5.39 Å². The van der Waals surface area contributed by atoms with E-state index in [4.69, 9.17) is 13.9 Å². The van der Waals surface area contributed by atoms with E-state index < -0.39 is 18.5 Å². The molecule has 0 radical (unpaired) electrons. The number of nitrogens with one attached hydrogen (secondary N) is 2. The quantitative estimate of drug-likeness (QED) is 0.593. The number of benzene rings is 2. The normalized spacial score (nSPS) is 10.6. The second-order valence-corrected chi connectivity index (χ2v) is 6.22. The predicted octanol–water partition coefficient (Wildman–Crippen LogP) is 3.33. The fourth-order valence-electron chi connectivity index (χ4n) is 2.79. The molecule has 2 aromatic carbocycles. The molecule has 3 rings (SSSR count). The minimum Gasteiger partial charge on any atom is -0.450 e. The summed E-state index contributed by atoms with van der Waals surface area (Å²) in [5.74, 6) is -1.42. The number of rotatable bonds is 7. The van der Waals surface area contributed by atoms with Crippen LogP contribution in [0.3, 0.4) is 0 Å². The monoisotopic (exact) mass is 396 g/mol. The van der Waals surface area contributed by atoms with E-state index in [9.17, 15) is 14.4 Å². The van der Waals surface area contributed by atoms with Crippen LogP contribution in [-0.4, -0.2) is 31.5 Å². The van der Waals surface area contributed by atoms with Crippen molar-refractivity contribution < 1.29 is 28.3 Å². The molecule has 0 unspecified atom stereocenters. The van der Waals surface area contributed by atoms with E-state index in [1.807, 2.05) is 12.1 Å². The molecule has 0 atom stereocenters. The van der Waals surface area contributed by atoms with Gasteiger partial charge in [0, 0.05) is 36.4 Å². The summed E-state index contributed by atoms with van der Waals surface area (Å²) in [7, 11) is 1.52. The lowest BCUT2D eigenvalue weighted by Gasteiger charge is -2.08. The zero-order valence-electron chi connectivity index (χ0n) is 16.0. The van der Waals surface area contributed by atoms with E-state index in [0.29, 0.717) is 22.5 Å². The lowest BCUT2D eigenvalue weighted by atomic mass is 10.1. The fraction of sp³-hybridized carbons (Fsp3) is 0.190. The summed E-state index contributed by atoms with van der Waals surface area (Å²) in [6.45, 7) is 1.11. The van der Waals surface area contributed by atoms with Crippen LogP contribution in [0.5, 0.6) is 0 Å². The van der Waals surface area contributed by atoms with E-state index in [1.54, 1.807) is 36.4 Å². The van der Waals surface area contributed by atoms with E-state index in [2.05, 4.69) is 10.6 Å². The Morgan fingerprint density at radius 3 is 2.28 bits per heavy atom. The number of methoxy groups -OCH3 is 1. The Kier molecular flexibility index (Phi) is 6.25. The lowest BCUT2D eigenvalue weighted by molar-refractivity contribution is -0.119. The van der Waals surface area contributed by atoms with Gasteiger partial charge in [-0.3, -0.25) is 9.59 Å². The minimum absolute atomic E-state index is 0.0144. The van der Waals surface area contributed by atoms with Gasteiger partial charge in [0.25, 0.3) is 5.91 Å². The number of para-hydroxylation sites is 1. The smallest absolute Gasteiger partial charge is 0.375 e. The molecule has 8 heteroatoms. The van der Waals surface area contributed by atoms with Crippen molar-refractivity contribution in [3.8, 4) is 0 Å². The van der Waals surface area contributed by atoms with Gasteiger partial charge in [-0.15, -0.1) is 0 Å². The molecule has 0 aliphatic rings. The molecule has 29 heavy (non-hydrogen) atoms. The van der Waals surface area contributed by atoms with Crippen molar-refractivity contribution in [3.63, 3.8) is 0 Å². The van der Waals surface area contributed by atoms with Crippen LogP contribution in [0.2, 0.25) is 0 Å². The highest BCUT2D eigenvalue weighted by molar-refractivity contribution is 5.98. The van der Waals surface area contributed by atoms with Crippen molar-refractivity contribution in [1.29, 1.82) is 0 Å². The number of furan rings is 1. The summed E-state index contributed by atoms with van der Waals surface area (Å²) in [6.07, 6.45) is 0. The van der Waals surface area contributed by atoms with Gasteiger partial charge in [-0.25, -0.2) is 4.79 Å². The van der Waals surface area contributed by atoms with Crippen LogP contribution in [0.4, 0.5) is 11.4 Å². The van der Waals surface area contributed by atoms with Gasteiger partial charge >= 0.3 is 5.97 Å². The highest BCUT2D eigenvalue weighted by Crippen LogP contribution is 2.27. The van der Waals surface area contributed by atoms with E-state index in [1.165, 1.54) is 14.0 Å². The van der Waals surface area contributed by atoms with Crippen LogP contribution in [0.1, 0.15) is 23.0 Å². The summed E-state index contributed by atoms with van der Waals surface area (Å²) in [5, 5.41) is 5.99. The number of anilines is 2. The number of esters is 1. The average molecular weight is 396 g/mol. The first kappa shape index (κ1) is 20.1. The van der Waals surface area contributed by atoms with Crippen molar-refractivity contribution >= 4 is 40.1 Å². The molecule has 1 aromatic heterocycles. The van der Waals surface area contributed by atoms with Gasteiger partial charge in [0.2, 0.25) is 11.7 Å². The second-order valence-electron chi connectivity index (χ2n) is 6.22. The van der Waals surface area contributed by atoms with Gasteiger partial charge in [-0.05, 0) is 30.3 Å². The standard InChI is InChI=1S/C21H20N2O6/c1-13(24)22-14-7-9-15(10-8-14)23-19(25)12-28-21(26)20-17(11-27-2)16-5-3-4-6-18(16)29-20/h3-10H,11-12H2,1-2H3,(H,22,24)(H,23,25). The first-order valence-electron chi connectivity index (χ1n) is 8.82. The molecular weight excluding hydrogens is 376 g/mol. The highest BCUT2D eigenvalue weighted by Gasteiger charge is 2.22. The third kappa shape index (κ3) is 4.99. The zero-order valence-corrected chi connectivity index (χ0v) is 16.0. The molecule has 0 saturated heterocycles. The van der Waals surface area contributed by atoms with Crippen LogP contribution < -0.4 is 10.6 Å². The number of ether oxygens (including phenoxy) is 2. The van der Waals surface area contributed by atoms with Crippen LogP contribution in [0, 0.1) is 0 Å². The number of fused-ring (bicyclic) bond motifs is 1. The van der Waals surface area contributed by atoms with Crippen molar-refractivity contribution in [2.45, 2.75) is 13.5 Å². The van der Waals surface area contributed by atoms with Crippen molar-refractivity contribution in [2.24, 2.45) is 0 Å². The average Bonchev–Trinajstić information content (AvgIpc) is 3.06. The number of hydrogen-bond donors (Lipinski definition) is 2. The molecule has 8 nitrogen and oxygen atoms in total. The summed E-state index contributed by atoms with van der Waals surface area (Å²) < 4.78 is 15.8. The lowest BCUT2D eigenvalue weighted by Crippen LogP contribution is -2.21. The summed E-state index contributed by atoms with van der Waals surface area (Å²) in [6, 6.07) is 13.7. The maximum Gasteiger partial charge on any atom is 0.375 e. The summed E-state index contributed by atoms with van der Waals surface area (Å²) >= 11 is 0. The molecular formula is C21H20N2O6. The van der Waals surface area contributed by atoms with Gasteiger partial charge in [-0.1, -0.05) is 18.2 Å². The van der Waals surface area contributed by atoms with Gasteiger partial charge in [-0.2, -0.15) is 0 Å². The van der Waals surface area contributed by atoms with Crippen molar-refractivity contribution in [1.82, 2.24) is 0 Å². The molecule has 0 aliphatic carbocycles. The number of carbonyl (C=O) groups is 3. The molecule has 2 amide bonds. The minimum atomic E-state index is -0.746. The van der Waals surface area contributed by atoms with Gasteiger partial charge in [0.15, 0.2) is 6.61 Å². The largest absolute Gasteiger partial charge is 0.450 e. The Labute approximate surface area is 166 Å². The molecule has 0 spiro atoms. The first-order valence-corrected chi connectivity index (χ1v) is 8.82. The third-order valence-electron chi connectivity index (χ3n) is 4.00. The molecule has 0 bridgehead atoms. The fourth-order valence-corrected chi connectivity index (χ4v) is 2.79. The molecule has 150 valence electrons. The van der Waals surface area contributed by atoms with Crippen LogP contribution in [0.25, 0.3) is 11.0 Å². The molecule has 0 aliphatic heterocycles. The Hall–Kier alpha value is -3.65. The molecule has 1 heterocycles. The van der Waals surface area contributed by atoms with Gasteiger partial charge in [0.05, 0.1) is 6.61 Å². The molecule has 2 N–H and O–H groups in total.